The molecule has 0 radical (unpaired) electrons. The first-order chi connectivity index (χ1) is 5.45. The molecule has 0 saturated carbocycles. The number of carbonyl (C=O) groups excluding carboxylic acids is 1. The zero-order chi connectivity index (χ0) is 9.61. The van der Waals surface area contributed by atoms with Crippen LogP contribution in [0.3, 0.4) is 0 Å². The summed E-state index contributed by atoms with van der Waals surface area (Å²) in [5.74, 6) is -0.538. The van der Waals surface area contributed by atoms with Crippen LogP contribution in [0.2, 0.25) is 0 Å². The highest BCUT2D eigenvalue weighted by Gasteiger charge is 2.05. The van der Waals surface area contributed by atoms with Gasteiger partial charge >= 0.3 is 5.97 Å². The molecule has 0 rings (SSSR count). The first-order valence-electron chi connectivity index (χ1n) is 2.95. The SMILES string of the molecule is C=CC(=O)OCCOP(O)(=S)S. The molecule has 12 heavy (non-hydrogen) atoms. The van der Waals surface area contributed by atoms with Gasteiger partial charge in [-0.25, -0.2) is 4.79 Å². The lowest BCUT2D eigenvalue weighted by molar-refractivity contribution is -0.138. The first kappa shape index (κ1) is 12.1. The lowest BCUT2D eigenvalue weighted by Gasteiger charge is -2.08. The molecule has 7 heteroatoms. The third-order valence-corrected chi connectivity index (χ3v) is 1.94. The van der Waals surface area contributed by atoms with E-state index in [2.05, 4.69) is 39.9 Å². The molecule has 0 aliphatic carbocycles. The summed E-state index contributed by atoms with van der Waals surface area (Å²) in [5, 5.41) is 0. The molecular weight excluding hydrogens is 219 g/mol. The van der Waals surface area contributed by atoms with Crippen LogP contribution in [0.4, 0.5) is 0 Å². The number of thiol groups is 1. The van der Waals surface area contributed by atoms with Crippen molar-refractivity contribution in [3.63, 3.8) is 0 Å². The predicted octanol–water partition coefficient (Wildman–Crippen LogP) is 0.879. The summed E-state index contributed by atoms with van der Waals surface area (Å²) in [7, 11) is 0. The topological polar surface area (TPSA) is 55.8 Å². The molecular formula is C5H9O4PS2. The van der Waals surface area contributed by atoms with Gasteiger partial charge in [0, 0.05) is 6.08 Å². The Labute approximate surface area is 80.9 Å². The van der Waals surface area contributed by atoms with Gasteiger partial charge in [-0.3, -0.25) is 0 Å². The molecule has 0 bridgehead atoms. The number of hydrogen-bond acceptors (Lipinski definition) is 4. The standard InChI is InChI=1S/C5H9O4PS2/c1-2-5(6)8-3-4-9-10(7,11)12/h2H,1,3-4H2,(H2,7,11,12). The minimum absolute atomic E-state index is 0.0321. The molecule has 0 heterocycles. The van der Waals surface area contributed by atoms with Gasteiger partial charge in [-0.05, 0) is 11.8 Å². The van der Waals surface area contributed by atoms with Crippen LogP contribution in [0.5, 0.6) is 0 Å². The zero-order valence-electron chi connectivity index (χ0n) is 6.17. The second-order valence-corrected chi connectivity index (χ2v) is 6.86. The van der Waals surface area contributed by atoms with Crippen LogP contribution in [0.25, 0.3) is 0 Å². The smallest absolute Gasteiger partial charge is 0.330 e. The maximum atomic E-state index is 10.4. The Kier molecular flexibility index (Phi) is 5.78. The van der Waals surface area contributed by atoms with Crippen LogP contribution >= 0.6 is 17.9 Å². The lowest BCUT2D eigenvalue weighted by atomic mass is 10.6. The Hall–Kier alpha value is 0.130. The Morgan fingerprint density at radius 1 is 1.75 bits per heavy atom. The third-order valence-electron chi connectivity index (χ3n) is 0.754. The molecule has 0 spiro atoms. The fourth-order valence-corrected chi connectivity index (χ4v) is 1.14. The maximum Gasteiger partial charge on any atom is 0.330 e. The molecule has 0 fully saturated rings. The quantitative estimate of drug-likeness (QED) is 0.240. The number of hydrogen-bond donors (Lipinski definition) is 2. The summed E-state index contributed by atoms with van der Waals surface area (Å²) in [6, 6.07) is 0. The highest BCUT2D eigenvalue weighted by molar-refractivity contribution is 8.59. The van der Waals surface area contributed by atoms with Crippen molar-refractivity contribution >= 4 is 35.7 Å². The summed E-state index contributed by atoms with van der Waals surface area (Å²) < 4.78 is 9.19. The minimum atomic E-state index is -2.92. The lowest BCUT2D eigenvalue weighted by Crippen LogP contribution is -2.06. The second-order valence-electron chi connectivity index (χ2n) is 1.70. The van der Waals surface area contributed by atoms with Crippen molar-refractivity contribution in [2.75, 3.05) is 13.2 Å². The van der Waals surface area contributed by atoms with E-state index in [-0.39, 0.29) is 13.2 Å². The maximum absolute atomic E-state index is 10.4. The van der Waals surface area contributed by atoms with Crippen molar-refractivity contribution in [3.8, 4) is 0 Å². The number of rotatable bonds is 5. The molecule has 0 aliphatic rings. The van der Waals surface area contributed by atoms with Gasteiger partial charge in [-0.1, -0.05) is 18.8 Å². The van der Waals surface area contributed by atoms with Gasteiger partial charge in [0.15, 0.2) is 0 Å². The van der Waals surface area contributed by atoms with Crippen LogP contribution in [-0.2, 0) is 25.9 Å². The van der Waals surface area contributed by atoms with Gasteiger partial charge in [0.25, 0.3) is 0 Å². The summed E-state index contributed by atoms with van der Waals surface area (Å²) in [4.78, 5) is 19.3. The van der Waals surface area contributed by atoms with Crippen LogP contribution < -0.4 is 0 Å². The van der Waals surface area contributed by atoms with Crippen LogP contribution in [0.1, 0.15) is 0 Å². The molecule has 4 nitrogen and oxygen atoms in total. The molecule has 0 aliphatic heterocycles. The molecule has 0 amide bonds. The van der Waals surface area contributed by atoms with E-state index in [9.17, 15) is 4.79 Å². The summed E-state index contributed by atoms with van der Waals surface area (Å²) in [6.07, 6.45) is 1.04. The fourth-order valence-electron chi connectivity index (χ4n) is 0.357. The van der Waals surface area contributed by atoms with E-state index in [1.165, 1.54) is 0 Å². The molecule has 0 aromatic carbocycles. The third kappa shape index (κ3) is 8.23. The number of carbonyl (C=O) groups is 1. The van der Waals surface area contributed by atoms with E-state index in [1.807, 2.05) is 0 Å². The largest absolute Gasteiger partial charge is 0.460 e. The van der Waals surface area contributed by atoms with Gasteiger partial charge in [0.05, 0.1) is 6.61 Å². The van der Waals surface area contributed by atoms with E-state index in [0.29, 0.717) is 0 Å². The van der Waals surface area contributed by atoms with E-state index in [0.717, 1.165) is 6.08 Å². The van der Waals surface area contributed by atoms with Gasteiger partial charge < -0.3 is 14.2 Å². The molecule has 1 N–H and O–H groups in total. The van der Waals surface area contributed by atoms with Crippen molar-refractivity contribution in [2.45, 2.75) is 0 Å². The average molecular weight is 228 g/mol. The normalized spacial score (nSPS) is 14.8. The number of ether oxygens (including phenoxy) is 1. The Bertz CT molecular complexity index is 211. The van der Waals surface area contributed by atoms with Crippen molar-refractivity contribution < 1.29 is 18.9 Å². The van der Waals surface area contributed by atoms with Crippen molar-refractivity contribution in [3.05, 3.63) is 12.7 Å². The van der Waals surface area contributed by atoms with E-state index < -0.39 is 11.7 Å². The Morgan fingerprint density at radius 2 is 2.33 bits per heavy atom. The number of esters is 1. The summed E-state index contributed by atoms with van der Waals surface area (Å²) >= 11 is 8.04. The molecule has 70 valence electrons. The van der Waals surface area contributed by atoms with E-state index in [4.69, 9.17) is 4.89 Å². The zero-order valence-corrected chi connectivity index (χ0v) is 8.78. The van der Waals surface area contributed by atoms with Gasteiger partial charge in [-0.15, -0.1) is 0 Å². The summed E-state index contributed by atoms with van der Waals surface area (Å²) in [5.41, 5.74) is -2.92. The van der Waals surface area contributed by atoms with Crippen LogP contribution in [0.15, 0.2) is 12.7 Å². The first-order valence-corrected chi connectivity index (χ1v) is 6.77. The van der Waals surface area contributed by atoms with Crippen LogP contribution in [0, 0.1) is 0 Å². The van der Waals surface area contributed by atoms with E-state index >= 15 is 0 Å². The molecule has 0 saturated heterocycles. The van der Waals surface area contributed by atoms with Gasteiger partial charge in [0.1, 0.15) is 6.61 Å². The minimum Gasteiger partial charge on any atom is -0.460 e. The fraction of sp³-hybridized carbons (Fsp3) is 0.400. The van der Waals surface area contributed by atoms with Crippen molar-refractivity contribution in [1.82, 2.24) is 0 Å². The average Bonchev–Trinajstić information content (AvgIpc) is 1.96. The summed E-state index contributed by atoms with van der Waals surface area (Å²) in [6.45, 7) is 3.27. The molecule has 0 aromatic rings. The van der Waals surface area contributed by atoms with Gasteiger partial charge in [0.2, 0.25) is 5.69 Å². The van der Waals surface area contributed by atoms with Gasteiger partial charge in [-0.2, -0.15) is 0 Å². The molecule has 1 atom stereocenters. The molecule has 1 unspecified atom stereocenters. The van der Waals surface area contributed by atoms with Crippen LogP contribution in [-0.4, -0.2) is 24.1 Å². The monoisotopic (exact) mass is 228 g/mol. The Morgan fingerprint density at radius 3 is 2.75 bits per heavy atom. The van der Waals surface area contributed by atoms with E-state index in [1.54, 1.807) is 0 Å². The molecule has 0 aromatic heterocycles. The van der Waals surface area contributed by atoms with Crippen molar-refractivity contribution in [2.24, 2.45) is 0 Å². The Balaban J connectivity index is 3.40. The highest BCUT2D eigenvalue weighted by Crippen LogP contribution is 2.46. The highest BCUT2D eigenvalue weighted by atomic mass is 32.9. The van der Waals surface area contributed by atoms with Crippen molar-refractivity contribution in [1.29, 1.82) is 0 Å². The second kappa shape index (κ2) is 5.72. The predicted molar refractivity (Wildman–Crippen MR) is 52.6 cm³/mol.